The van der Waals surface area contributed by atoms with Gasteiger partial charge in [0, 0.05) is 38.8 Å². The molecule has 7 heteroatoms. The van der Waals surface area contributed by atoms with Crippen molar-refractivity contribution in [3.05, 3.63) is 23.5 Å². The largest absolute Gasteiger partial charge is 0.476 e. The minimum absolute atomic E-state index is 0.00924. The number of aliphatic hydroxyl groups excluding tert-OH is 1. The molecular weight excluding hydrogens is 306 g/mol. The topological polar surface area (TPSA) is 74.9 Å². The van der Waals surface area contributed by atoms with E-state index in [4.69, 9.17) is 9.84 Å². The van der Waals surface area contributed by atoms with Crippen LogP contribution in [-0.2, 0) is 6.54 Å². The van der Waals surface area contributed by atoms with Crippen molar-refractivity contribution in [3.63, 3.8) is 0 Å². The molecule has 0 spiro atoms. The van der Waals surface area contributed by atoms with Gasteiger partial charge >= 0.3 is 0 Å². The molecule has 7 nitrogen and oxygen atoms in total. The summed E-state index contributed by atoms with van der Waals surface area (Å²) in [5, 5.41) is 20.6. The van der Waals surface area contributed by atoms with E-state index in [1.54, 1.807) is 0 Å². The molecule has 2 aromatic rings. The number of ether oxygens (including phenoxy) is 1. The zero-order valence-electron chi connectivity index (χ0n) is 15.0. The van der Waals surface area contributed by atoms with E-state index in [0.717, 1.165) is 49.8 Å². The minimum Gasteiger partial charge on any atom is -0.476 e. The van der Waals surface area contributed by atoms with Crippen LogP contribution in [0, 0.1) is 6.92 Å². The van der Waals surface area contributed by atoms with Gasteiger partial charge in [0.1, 0.15) is 12.4 Å². The van der Waals surface area contributed by atoms with E-state index in [-0.39, 0.29) is 13.2 Å². The number of pyridine rings is 1. The summed E-state index contributed by atoms with van der Waals surface area (Å²) in [5.74, 6) is 1.47. The van der Waals surface area contributed by atoms with Gasteiger partial charge in [-0.3, -0.25) is 4.90 Å². The normalized spacial score (nSPS) is 15.2. The second-order valence-corrected chi connectivity index (χ2v) is 5.95. The molecule has 1 fully saturated rings. The molecule has 3 heterocycles. The van der Waals surface area contributed by atoms with Crippen molar-refractivity contribution in [2.24, 2.45) is 0 Å². The average Bonchev–Trinajstić information content (AvgIpc) is 2.96. The number of rotatable bonds is 5. The lowest BCUT2D eigenvalue weighted by atomic mass is 10.2. The molecule has 134 valence electrons. The zero-order valence-corrected chi connectivity index (χ0v) is 15.0. The summed E-state index contributed by atoms with van der Waals surface area (Å²) < 4.78 is 7.51. The van der Waals surface area contributed by atoms with Gasteiger partial charge in [0.05, 0.1) is 6.61 Å². The van der Waals surface area contributed by atoms with Gasteiger partial charge in [-0.1, -0.05) is 20.3 Å². The quantitative estimate of drug-likeness (QED) is 0.856. The smallest absolute Gasteiger partial charge is 0.201 e. The monoisotopic (exact) mass is 335 g/mol. The molecule has 0 aliphatic carbocycles. The maximum atomic E-state index is 8.97. The number of hydrogen-bond acceptors (Lipinski definition) is 6. The molecule has 1 aliphatic heterocycles. The molecule has 2 N–H and O–H groups in total. The third-order valence-electron chi connectivity index (χ3n) is 3.65. The van der Waals surface area contributed by atoms with Crippen molar-refractivity contribution in [3.8, 4) is 5.88 Å². The van der Waals surface area contributed by atoms with Gasteiger partial charge < -0.3 is 15.2 Å². The van der Waals surface area contributed by atoms with E-state index in [1.807, 2.05) is 23.5 Å². The van der Waals surface area contributed by atoms with Crippen LogP contribution in [0.1, 0.15) is 31.7 Å². The first kappa shape index (κ1) is 18.6. The number of aryl methyl sites for hydroxylation is 1. The number of fused-ring (bicyclic) bond motifs is 1. The third-order valence-corrected chi connectivity index (χ3v) is 3.65. The predicted molar refractivity (Wildman–Crippen MR) is 94.4 cm³/mol. The van der Waals surface area contributed by atoms with Gasteiger partial charge in [0.25, 0.3) is 0 Å². The summed E-state index contributed by atoms with van der Waals surface area (Å²) in [6.07, 6.45) is 1.25. The van der Waals surface area contributed by atoms with Crippen molar-refractivity contribution < 1.29 is 9.84 Å². The molecule has 24 heavy (non-hydrogen) atoms. The fraction of sp³-hybridized carbons (Fsp3) is 0.647. The third kappa shape index (κ3) is 4.90. The van der Waals surface area contributed by atoms with Crippen LogP contribution in [0.3, 0.4) is 0 Å². The van der Waals surface area contributed by atoms with Crippen molar-refractivity contribution in [2.45, 2.75) is 33.7 Å². The van der Waals surface area contributed by atoms with Crippen LogP contribution in [0.5, 0.6) is 5.88 Å². The Morgan fingerprint density at radius 3 is 2.58 bits per heavy atom. The van der Waals surface area contributed by atoms with Crippen LogP contribution >= 0.6 is 0 Å². The lowest BCUT2D eigenvalue weighted by Crippen LogP contribution is -2.42. The molecule has 2 aromatic heterocycles. The Kier molecular flexibility index (Phi) is 7.42. The Balaban J connectivity index is 0.000000647. The summed E-state index contributed by atoms with van der Waals surface area (Å²) in [7, 11) is 0. The number of nitrogens with zero attached hydrogens (tertiary/aromatic N) is 4. The average molecular weight is 335 g/mol. The minimum atomic E-state index is -0.00924. The first-order valence-corrected chi connectivity index (χ1v) is 8.71. The van der Waals surface area contributed by atoms with E-state index >= 15 is 0 Å². The van der Waals surface area contributed by atoms with Crippen LogP contribution in [0.25, 0.3) is 5.65 Å². The van der Waals surface area contributed by atoms with Crippen LogP contribution in [0.4, 0.5) is 0 Å². The molecule has 0 aromatic carbocycles. The molecule has 0 unspecified atom stereocenters. The molecule has 0 bridgehead atoms. The number of aromatic nitrogens is 3. The van der Waals surface area contributed by atoms with Crippen molar-refractivity contribution in [2.75, 3.05) is 39.4 Å². The van der Waals surface area contributed by atoms with E-state index in [9.17, 15) is 0 Å². The number of aliphatic hydroxyl groups is 1. The van der Waals surface area contributed by atoms with Crippen molar-refractivity contribution >= 4 is 5.65 Å². The highest BCUT2D eigenvalue weighted by Gasteiger charge is 2.14. The summed E-state index contributed by atoms with van der Waals surface area (Å²) in [6.45, 7) is 11.4. The molecule has 0 atom stereocenters. The molecule has 1 aliphatic rings. The Labute approximate surface area is 143 Å². The van der Waals surface area contributed by atoms with E-state index < -0.39 is 0 Å². The fourth-order valence-electron chi connectivity index (χ4n) is 2.65. The number of piperazine rings is 1. The lowest BCUT2D eigenvalue weighted by molar-refractivity contribution is 0.194. The maximum Gasteiger partial charge on any atom is 0.201 e. The van der Waals surface area contributed by atoms with Crippen molar-refractivity contribution in [1.82, 2.24) is 24.8 Å². The highest BCUT2D eigenvalue weighted by atomic mass is 16.5. The number of hydrogen-bond donors (Lipinski definition) is 2. The molecule has 1 saturated heterocycles. The van der Waals surface area contributed by atoms with E-state index in [0.29, 0.717) is 5.88 Å². The second-order valence-electron chi connectivity index (χ2n) is 5.95. The van der Waals surface area contributed by atoms with Crippen LogP contribution in [0.2, 0.25) is 0 Å². The van der Waals surface area contributed by atoms with Gasteiger partial charge in [-0.05, 0) is 18.6 Å². The molecular formula is C17H29N5O2. The Hall–Kier alpha value is -1.70. The van der Waals surface area contributed by atoms with Crippen LogP contribution in [0.15, 0.2) is 12.1 Å². The highest BCUT2D eigenvalue weighted by Crippen LogP contribution is 2.20. The highest BCUT2D eigenvalue weighted by molar-refractivity contribution is 5.46. The zero-order chi connectivity index (χ0) is 17.4. The first-order chi connectivity index (χ1) is 11.7. The number of nitrogens with one attached hydrogen (secondary N) is 1. The molecule has 0 amide bonds. The van der Waals surface area contributed by atoms with E-state index in [2.05, 4.69) is 34.3 Å². The van der Waals surface area contributed by atoms with Gasteiger partial charge in [-0.2, -0.15) is 0 Å². The standard InChI is InChI=1S/C14H21N5O2.C3H8/c1-11-16-17-13-8-12(10-18-4-2-15-3-5-18)9-14(19(11)13)21-7-6-20;1-3-2/h8-9,15,20H,2-7,10H2,1H3;3H2,1-2H3. The van der Waals surface area contributed by atoms with Gasteiger partial charge in [-0.25, -0.2) is 4.40 Å². The maximum absolute atomic E-state index is 8.97. The first-order valence-electron chi connectivity index (χ1n) is 8.71. The van der Waals surface area contributed by atoms with Gasteiger partial charge in [-0.15, -0.1) is 10.2 Å². The molecule has 3 rings (SSSR count). The fourth-order valence-corrected chi connectivity index (χ4v) is 2.65. The van der Waals surface area contributed by atoms with Gasteiger partial charge in [0.15, 0.2) is 5.65 Å². The van der Waals surface area contributed by atoms with Gasteiger partial charge in [0.2, 0.25) is 5.88 Å². The second kappa shape index (κ2) is 9.56. The lowest BCUT2D eigenvalue weighted by Gasteiger charge is -2.27. The molecule has 0 saturated carbocycles. The van der Waals surface area contributed by atoms with Crippen LogP contribution in [-0.4, -0.2) is 64.0 Å². The Bertz CT molecular complexity index is 623. The SMILES string of the molecule is CCC.Cc1nnc2cc(CN3CCNCC3)cc(OCCO)n12. The van der Waals surface area contributed by atoms with Crippen LogP contribution < -0.4 is 10.1 Å². The summed E-state index contributed by atoms with van der Waals surface area (Å²) >= 11 is 0. The summed E-state index contributed by atoms with van der Waals surface area (Å²) in [6, 6.07) is 4.06. The summed E-state index contributed by atoms with van der Waals surface area (Å²) in [4.78, 5) is 2.40. The Morgan fingerprint density at radius 2 is 1.92 bits per heavy atom. The van der Waals surface area contributed by atoms with Crippen molar-refractivity contribution in [1.29, 1.82) is 0 Å². The predicted octanol–water partition coefficient (Wildman–Crippen LogP) is 1.23. The Morgan fingerprint density at radius 1 is 1.21 bits per heavy atom. The molecule has 0 radical (unpaired) electrons. The van der Waals surface area contributed by atoms with E-state index in [1.165, 1.54) is 6.42 Å². The summed E-state index contributed by atoms with van der Waals surface area (Å²) in [5.41, 5.74) is 1.94.